The molecule has 1 aromatic rings. The molecule has 0 bridgehead atoms. The van der Waals surface area contributed by atoms with Gasteiger partial charge < -0.3 is 25.7 Å². The molecular formula is C17H24ClN3O4. The molecule has 1 saturated heterocycles. The first-order chi connectivity index (χ1) is 11.9. The number of benzene rings is 1. The molecule has 25 heavy (non-hydrogen) atoms. The third-order valence-electron chi connectivity index (χ3n) is 4.72. The molecule has 1 aromatic carbocycles. The van der Waals surface area contributed by atoms with Gasteiger partial charge in [0.05, 0.1) is 12.1 Å². The highest BCUT2D eigenvalue weighted by atomic mass is 35.5. The molecule has 0 saturated carbocycles. The molecule has 7 nitrogen and oxygen atoms in total. The van der Waals surface area contributed by atoms with E-state index in [0.29, 0.717) is 18.0 Å². The Labute approximate surface area is 152 Å². The molecule has 138 valence electrons. The zero-order valence-electron chi connectivity index (χ0n) is 14.2. The maximum absolute atomic E-state index is 12.7. The molecule has 1 fully saturated rings. The number of carboxylic acid groups (broad SMARTS) is 1. The second kappa shape index (κ2) is 8.51. The monoisotopic (exact) mass is 369 g/mol. The highest BCUT2D eigenvalue weighted by Crippen LogP contribution is 2.28. The molecule has 2 amide bonds. The molecule has 8 heteroatoms. The lowest BCUT2D eigenvalue weighted by atomic mass is 9.82. The first-order valence-electron chi connectivity index (χ1n) is 8.21. The summed E-state index contributed by atoms with van der Waals surface area (Å²) in [6.45, 7) is 0.893. The van der Waals surface area contributed by atoms with Crippen molar-refractivity contribution in [1.82, 2.24) is 15.5 Å². The van der Waals surface area contributed by atoms with Gasteiger partial charge in [0, 0.05) is 18.6 Å². The minimum Gasteiger partial charge on any atom is -0.465 e. The van der Waals surface area contributed by atoms with Gasteiger partial charge in [0.25, 0.3) is 0 Å². The first-order valence-corrected chi connectivity index (χ1v) is 8.59. The highest BCUT2D eigenvalue weighted by Gasteiger charge is 2.40. The van der Waals surface area contributed by atoms with Crippen molar-refractivity contribution in [3.8, 4) is 0 Å². The van der Waals surface area contributed by atoms with Gasteiger partial charge in [0.2, 0.25) is 5.91 Å². The Bertz CT molecular complexity index is 602. The fourth-order valence-corrected chi connectivity index (χ4v) is 3.42. The van der Waals surface area contributed by atoms with Crippen molar-refractivity contribution in [3.63, 3.8) is 0 Å². The Balaban J connectivity index is 2.23. The summed E-state index contributed by atoms with van der Waals surface area (Å²) in [5, 5.41) is 24.3. The zero-order chi connectivity index (χ0) is 18.4. The molecule has 1 unspecified atom stereocenters. The Morgan fingerprint density at radius 1 is 1.40 bits per heavy atom. The number of nitrogens with one attached hydrogen (secondary N) is 2. The van der Waals surface area contributed by atoms with Crippen LogP contribution in [0.3, 0.4) is 0 Å². The number of aliphatic hydroxyl groups is 1. The fourth-order valence-electron chi connectivity index (χ4n) is 3.29. The van der Waals surface area contributed by atoms with Crippen LogP contribution in [0.5, 0.6) is 0 Å². The van der Waals surface area contributed by atoms with Gasteiger partial charge in [-0.3, -0.25) is 4.79 Å². The van der Waals surface area contributed by atoms with Crippen LogP contribution < -0.4 is 10.6 Å². The van der Waals surface area contributed by atoms with Gasteiger partial charge in [-0.05, 0) is 43.5 Å². The van der Waals surface area contributed by atoms with Crippen molar-refractivity contribution < 1.29 is 19.8 Å². The normalized spacial score (nSPS) is 21.4. The van der Waals surface area contributed by atoms with Crippen LogP contribution in [0.25, 0.3) is 0 Å². The number of carbonyl (C=O) groups excluding carboxylic acids is 1. The van der Waals surface area contributed by atoms with Crippen LogP contribution in [0.1, 0.15) is 18.4 Å². The summed E-state index contributed by atoms with van der Waals surface area (Å²) in [6.07, 6.45) is 0.969. The Kier molecular flexibility index (Phi) is 6.64. The maximum atomic E-state index is 12.7. The second-order valence-electron chi connectivity index (χ2n) is 6.39. The summed E-state index contributed by atoms with van der Waals surface area (Å²) in [5.41, 5.74) is 0.552. The summed E-state index contributed by atoms with van der Waals surface area (Å²) in [6, 6.07) is 6.30. The van der Waals surface area contributed by atoms with E-state index in [1.807, 2.05) is 24.3 Å². The van der Waals surface area contributed by atoms with E-state index in [0.717, 1.165) is 24.9 Å². The Morgan fingerprint density at radius 3 is 2.60 bits per heavy atom. The van der Waals surface area contributed by atoms with Gasteiger partial charge in [-0.2, -0.15) is 0 Å². The summed E-state index contributed by atoms with van der Waals surface area (Å²) in [7, 11) is 1.66. The number of hydrogen-bond acceptors (Lipinski definition) is 4. The number of rotatable bonds is 6. The first kappa shape index (κ1) is 19.5. The molecule has 0 spiro atoms. The molecule has 1 aliphatic rings. The van der Waals surface area contributed by atoms with E-state index in [-0.39, 0.29) is 0 Å². The Morgan fingerprint density at radius 2 is 2.08 bits per heavy atom. The van der Waals surface area contributed by atoms with Crippen molar-refractivity contribution in [2.45, 2.75) is 30.8 Å². The smallest absolute Gasteiger partial charge is 0.405 e. The van der Waals surface area contributed by atoms with E-state index in [1.54, 1.807) is 11.9 Å². The van der Waals surface area contributed by atoms with Crippen LogP contribution in [0, 0.1) is 0 Å². The summed E-state index contributed by atoms with van der Waals surface area (Å²) >= 11 is 5.94. The highest BCUT2D eigenvalue weighted by molar-refractivity contribution is 6.30. The molecule has 4 N–H and O–H groups in total. The van der Waals surface area contributed by atoms with E-state index < -0.39 is 30.2 Å². The predicted molar refractivity (Wildman–Crippen MR) is 94.8 cm³/mol. The van der Waals surface area contributed by atoms with Gasteiger partial charge >= 0.3 is 6.09 Å². The van der Waals surface area contributed by atoms with Crippen LogP contribution in [0.15, 0.2) is 24.3 Å². The van der Waals surface area contributed by atoms with Crippen molar-refractivity contribution in [3.05, 3.63) is 34.9 Å². The Hall–Kier alpha value is -1.83. The average Bonchev–Trinajstić information content (AvgIpc) is 2.61. The third kappa shape index (κ3) is 4.84. The second-order valence-corrected chi connectivity index (χ2v) is 6.83. The minimum absolute atomic E-state index is 0.442. The molecule has 0 radical (unpaired) electrons. The number of halogens is 1. The summed E-state index contributed by atoms with van der Waals surface area (Å²) in [4.78, 5) is 25.2. The van der Waals surface area contributed by atoms with Crippen LogP contribution in [-0.2, 0) is 11.2 Å². The number of amides is 2. The number of carbonyl (C=O) groups is 2. The van der Waals surface area contributed by atoms with Gasteiger partial charge in [0.1, 0.15) is 6.04 Å². The topological polar surface area (TPSA) is 102 Å². The molecular weight excluding hydrogens is 346 g/mol. The van der Waals surface area contributed by atoms with Crippen molar-refractivity contribution in [2.75, 3.05) is 26.7 Å². The lowest BCUT2D eigenvalue weighted by Gasteiger charge is -2.46. The molecule has 0 aromatic heterocycles. The van der Waals surface area contributed by atoms with Crippen molar-refractivity contribution >= 4 is 23.6 Å². The SMILES string of the molecule is CN(C(=O)C(CO)NC(=O)O)[C@@]1(Cc2ccc(Cl)cc2)CCCNC1. The average molecular weight is 370 g/mol. The van der Waals surface area contributed by atoms with Gasteiger partial charge in [0.15, 0.2) is 0 Å². The minimum atomic E-state index is -1.34. The van der Waals surface area contributed by atoms with Crippen LogP contribution >= 0.6 is 11.6 Å². The van der Waals surface area contributed by atoms with E-state index >= 15 is 0 Å². The number of nitrogens with zero attached hydrogens (tertiary/aromatic N) is 1. The lowest BCUT2D eigenvalue weighted by molar-refractivity contribution is -0.139. The molecule has 2 rings (SSSR count). The maximum Gasteiger partial charge on any atom is 0.405 e. The largest absolute Gasteiger partial charge is 0.465 e. The summed E-state index contributed by atoms with van der Waals surface area (Å²) in [5.74, 6) is -0.442. The van der Waals surface area contributed by atoms with Crippen molar-refractivity contribution in [2.24, 2.45) is 0 Å². The third-order valence-corrected chi connectivity index (χ3v) is 4.97. The number of piperidine rings is 1. The van der Waals surface area contributed by atoms with E-state index in [4.69, 9.17) is 16.7 Å². The van der Waals surface area contributed by atoms with Crippen LogP contribution in [-0.4, -0.2) is 65.4 Å². The number of aliphatic hydroxyl groups excluding tert-OH is 1. The standard InChI is InChI=1S/C17H24ClN3O4/c1-21(15(23)14(10-22)20-16(24)25)17(7-2-8-19-11-17)9-12-3-5-13(18)6-4-12/h3-6,14,19-20,22H,2,7-11H2,1H3,(H,24,25)/t14?,17-/m1/s1. The van der Waals surface area contributed by atoms with E-state index in [1.165, 1.54) is 0 Å². The van der Waals surface area contributed by atoms with Gasteiger partial charge in [-0.25, -0.2) is 4.79 Å². The molecule has 1 heterocycles. The molecule has 0 aliphatic carbocycles. The summed E-state index contributed by atoms with van der Waals surface area (Å²) < 4.78 is 0. The lowest BCUT2D eigenvalue weighted by Crippen LogP contribution is -2.63. The zero-order valence-corrected chi connectivity index (χ0v) is 14.9. The quantitative estimate of drug-likeness (QED) is 0.601. The van der Waals surface area contributed by atoms with Gasteiger partial charge in [-0.1, -0.05) is 23.7 Å². The van der Waals surface area contributed by atoms with Crippen molar-refractivity contribution in [1.29, 1.82) is 0 Å². The van der Waals surface area contributed by atoms with E-state index in [2.05, 4.69) is 10.6 Å². The number of likely N-dealkylation sites (N-methyl/N-ethyl adjacent to an activating group) is 1. The van der Waals surface area contributed by atoms with Gasteiger partial charge in [-0.15, -0.1) is 0 Å². The number of hydrogen-bond donors (Lipinski definition) is 4. The fraction of sp³-hybridized carbons (Fsp3) is 0.529. The molecule has 2 atom stereocenters. The van der Waals surface area contributed by atoms with Crippen LogP contribution in [0.2, 0.25) is 5.02 Å². The molecule has 1 aliphatic heterocycles. The van der Waals surface area contributed by atoms with Crippen LogP contribution in [0.4, 0.5) is 4.79 Å². The van der Waals surface area contributed by atoms with E-state index in [9.17, 15) is 14.7 Å². The predicted octanol–water partition coefficient (Wildman–Crippen LogP) is 1.09.